The fraction of sp³-hybridized carbons (Fsp3) is 0.643. The second-order valence-electron chi connectivity index (χ2n) is 5.39. The van der Waals surface area contributed by atoms with E-state index in [1.165, 1.54) is 19.7 Å². The van der Waals surface area contributed by atoms with Crippen molar-refractivity contribution in [3.05, 3.63) is 18.1 Å². The van der Waals surface area contributed by atoms with Crippen molar-refractivity contribution in [2.45, 2.75) is 39.2 Å². The molecule has 104 valence electrons. The summed E-state index contributed by atoms with van der Waals surface area (Å²) in [7, 11) is 1.34. The maximum Gasteiger partial charge on any atom is 0.358 e. The van der Waals surface area contributed by atoms with Crippen LogP contribution in [-0.2, 0) is 4.74 Å². The van der Waals surface area contributed by atoms with Crippen LogP contribution in [0.2, 0.25) is 0 Å². The number of anilines is 1. The molecule has 0 radical (unpaired) electrons. The van der Waals surface area contributed by atoms with Crippen LogP contribution in [0.15, 0.2) is 12.4 Å². The molecule has 5 heteroatoms. The predicted molar refractivity (Wildman–Crippen MR) is 73.0 cm³/mol. The van der Waals surface area contributed by atoms with E-state index in [2.05, 4.69) is 33.9 Å². The Kier molecular flexibility index (Phi) is 4.35. The van der Waals surface area contributed by atoms with E-state index in [1.807, 2.05) is 0 Å². The van der Waals surface area contributed by atoms with Crippen molar-refractivity contribution in [3.8, 4) is 0 Å². The van der Waals surface area contributed by atoms with Gasteiger partial charge in [-0.2, -0.15) is 0 Å². The molecule has 0 saturated heterocycles. The quantitative estimate of drug-likeness (QED) is 0.849. The highest BCUT2D eigenvalue weighted by Crippen LogP contribution is 2.30. The summed E-state index contributed by atoms with van der Waals surface area (Å²) in [5.41, 5.74) is 0.240. The van der Waals surface area contributed by atoms with E-state index in [-0.39, 0.29) is 5.69 Å². The number of methoxy groups -OCH3 is 1. The largest absolute Gasteiger partial charge is 0.464 e. The zero-order chi connectivity index (χ0) is 13.8. The standard InChI is InChI=1S/C14H21N3O2/c1-9-4-5-11(6-10(9)2)16-13-8-15-7-12(17-13)14(18)19-3/h7-11H,4-6H2,1-3H3,(H,16,17). The molecule has 0 aliphatic heterocycles. The van der Waals surface area contributed by atoms with Crippen LogP contribution in [0.1, 0.15) is 43.6 Å². The van der Waals surface area contributed by atoms with Crippen molar-refractivity contribution in [1.29, 1.82) is 0 Å². The molecule has 0 spiro atoms. The number of rotatable bonds is 3. The molecule has 3 unspecified atom stereocenters. The molecule has 0 bridgehead atoms. The van der Waals surface area contributed by atoms with E-state index in [0.29, 0.717) is 17.8 Å². The van der Waals surface area contributed by atoms with Crippen LogP contribution >= 0.6 is 0 Å². The molecule has 1 heterocycles. The van der Waals surface area contributed by atoms with Crippen molar-refractivity contribution in [1.82, 2.24) is 9.97 Å². The normalized spacial score (nSPS) is 26.8. The van der Waals surface area contributed by atoms with Crippen molar-refractivity contribution < 1.29 is 9.53 Å². The Labute approximate surface area is 113 Å². The minimum Gasteiger partial charge on any atom is -0.464 e. The van der Waals surface area contributed by atoms with E-state index in [4.69, 9.17) is 0 Å². The Balaban J connectivity index is 2.01. The average molecular weight is 263 g/mol. The molecule has 1 aromatic rings. The second-order valence-corrected chi connectivity index (χ2v) is 5.39. The number of carbonyl (C=O) groups is 1. The molecule has 1 fully saturated rings. The minimum atomic E-state index is -0.457. The highest BCUT2D eigenvalue weighted by molar-refractivity contribution is 5.87. The van der Waals surface area contributed by atoms with Crippen LogP contribution in [0.5, 0.6) is 0 Å². The lowest BCUT2D eigenvalue weighted by Gasteiger charge is -2.32. The van der Waals surface area contributed by atoms with Crippen molar-refractivity contribution in [2.75, 3.05) is 12.4 Å². The van der Waals surface area contributed by atoms with E-state index >= 15 is 0 Å². The topological polar surface area (TPSA) is 64.1 Å². The van der Waals surface area contributed by atoms with Crippen LogP contribution in [0.3, 0.4) is 0 Å². The molecular formula is C14H21N3O2. The summed E-state index contributed by atoms with van der Waals surface area (Å²) in [4.78, 5) is 19.7. The van der Waals surface area contributed by atoms with Gasteiger partial charge in [0.25, 0.3) is 0 Å². The Hall–Kier alpha value is -1.65. The molecule has 2 rings (SSSR count). The molecular weight excluding hydrogens is 242 g/mol. The zero-order valence-corrected chi connectivity index (χ0v) is 11.7. The number of aromatic nitrogens is 2. The maximum atomic E-state index is 11.4. The van der Waals surface area contributed by atoms with Gasteiger partial charge in [-0.05, 0) is 31.1 Å². The summed E-state index contributed by atoms with van der Waals surface area (Å²) in [5, 5.41) is 3.37. The maximum absolute atomic E-state index is 11.4. The van der Waals surface area contributed by atoms with E-state index in [1.54, 1.807) is 6.20 Å². The van der Waals surface area contributed by atoms with Gasteiger partial charge in [0, 0.05) is 6.04 Å². The summed E-state index contributed by atoms with van der Waals surface area (Å²) in [5.74, 6) is 1.69. The lowest BCUT2D eigenvalue weighted by molar-refractivity contribution is 0.0593. The predicted octanol–water partition coefficient (Wildman–Crippen LogP) is 2.50. The van der Waals surface area contributed by atoms with Crippen LogP contribution in [0.25, 0.3) is 0 Å². The summed E-state index contributed by atoms with van der Waals surface area (Å²) < 4.78 is 4.64. The third kappa shape index (κ3) is 3.43. The molecule has 1 N–H and O–H groups in total. The molecule has 1 aliphatic rings. The Morgan fingerprint density at radius 3 is 2.79 bits per heavy atom. The van der Waals surface area contributed by atoms with Gasteiger partial charge in [-0.1, -0.05) is 13.8 Å². The Morgan fingerprint density at radius 2 is 2.11 bits per heavy atom. The minimum absolute atomic E-state index is 0.240. The van der Waals surface area contributed by atoms with Crippen LogP contribution < -0.4 is 5.32 Å². The number of ether oxygens (including phenoxy) is 1. The van der Waals surface area contributed by atoms with Gasteiger partial charge in [-0.3, -0.25) is 4.98 Å². The summed E-state index contributed by atoms with van der Waals surface area (Å²) in [6, 6.07) is 0.411. The second kappa shape index (κ2) is 5.99. The number of hydrogen-bond donors (Lipinski definition) is 1. The summed E-state index contributed by atoms with van der Waals surface area (Å²) >= 11 is 0. The third-order valence-electron chi connectivity index (χ3n) is 3.98. The van der Waals surface area contributed by atoms with Gasteiger partial charge in [-0.25, -0.2) is 9.78 Å². The summed E-state index contributed by atoms with van der Waals surface area (Å²) in [6.07, 6.45) is 6.56. The highest BCUT2D eigenvalue weighted by atomic mass is 16.5. The van der Waals surface area contributed by atoms with Gasteiger partial charge in [0.05, 0.1) is 19.5 Å². The van der Waals surface area contributed by atoms with E-state index in [9.17, 15) is 4.79 Å². The van der Waals surface area contributed by atoms with E-state index in [0.717, 1.165) is 18.8 Å². The Morgan fingerprint density at radius 1 is 1.32 bits per heavy atom. The SMILES string of the molecule is COC(=O)c1cncc(NC2CCC(C)C(C)C2)n1. The number of nitrogens with zero attached hydrogens (tertiary/aromatic N) is 2. The van der Waals surface area contributed by atoms with Gasteiger partial charge < -0.3 is 10.1 Å². The number of nitrogens with one attached hydrogen (secondary N) is 1. The molecule has 3 atom stereocenters. The average Bonchev–Trinajstić information content (AvgIpc) is 2.42. The first-order valence-corrected chi connectivity index (χ1v) is 6.77. The van der Waals surface area contributed by atoms with Gasteiger partial charge in [0.15, 0.2) is 5.69 Å². The first-order chi connectivity index (χ1) is 9.10. The fourth-order valence-corrected chi connectivity index (χ4v) is 2.53. The zero-order valence-electron chi connectivity index (χ0n) is 11.7. The molecule has 1 aromatic heterocycles. The fourth-order valence-electron chi connectivity index (χ4n) is 2.53. The van der Waals surface area contributed by atoms with Crippen LogP contribution in [-0.4, -0.2) is 29.1 Å². The Bertz CT molecular complexity index is 450. The molecule has 5 nitrogen and oxygen atoms in total. The van der Waals surface area contributed by atoms with Gasteiger partial charge in [-0.15, -0.1) is 0 Å². The molecule has 1 aliphatic carbocycles. The van der Waals surface area contributed by atoms with Gasteiger partial charge in [0.1, 0.15) is 5.82 Å². The van der Waals surface area contributed by atoms with Crippen LogP contribution in [0, 0.1) is 11.8 Å². The lowest BCUT2D eigenvalue weighted by Crippen LogP contribution is -2.30. The van der Waals surface area contributed by atoms with Gasteiger partial charge in [0.2, 0.25) is 0 Å². The van der Waals surface area contributed by atoms with Crippen molar-refractivity contribution in [2.24, 2.45) is 11.8 Å². The van der Waals surface area contributed by atoms with Crippen molar-refractivity contribution in [3.63, 3.8) is 0 Å². The summed E-state index contributed by atoms with van der Waals surface area (Å²) in [6.45, 7) is 4.59. The monoisotopic (exact) mass is 263 g/mol. The molecule has 19 heavy (non-hydrogen) atoms. The van der Waals surface area contributed by atoms with Crippen molar-refractivity contribution >= 4 is 11.8 Å². The third-order valence-corrected chi connectivity index (χ3v) is 3.98. The lowest BCUT2D eigenvalue weighted by atomic mass is 9.79. The van der Waals surface area contributed by atoms with Gasteiger partial charge >= 0.3 is 5.97 Å². The van der Waals surface area contributed by atoms with Crippen LogP contribution in [0.4, 0.5) is 5.82 Å². The van der Waals surface area contributed by atoms with E-state index < -0.39 is 5.97 Å². The first-order valence-electron chi connectivity index (χ1n) is 6.77. The smallest absolute Gasteiger partial charge is 0.358 e. The highest BCUT2D eigenvalue weighted by Gasteiger charge is 2.24. The number of hydrogen-bond acceptors (Lipinski definition) is 5. The first kappa shape index (κ1) is 13.8. The number of carbonyl (C=O) groups excluding carboxylic acids is 1. The number of esters is 1. The molecule has 0 amide bonds. The molecule has 0 aromatic carbocycles. The molecule has 1 saturated carbocycles.